The first-order valence-corrected chi connectivity index (χ1v) is 20.2. The van der Waals surface area contributed by atoms with Crippen LogP contribution < -0.4 is 4.40 Å². The molecule has 3 heteroatoms. The molecule has 1 nitrogen and oxygen atoms in total. The molecular formula is C32H27GeNS. The molecule has 0 aliphatic carbocycles. The van der Waals surface area contributed by atoms with E-state index in [1.807, 2.05) is 17.5 Å². The molecule has 0 spiro atoms. The first-order valence-electron chi connectivity index (χ1n) is 12.1. The predicted octanol–water partition coefficient (Wildman–Crippen LogP) is 9.00. The Morgan fingerprint density at radius 1 is 0.629 bits per heavy atom. The van der Waals surface area contributed by atoms with Crippen LogP contribution in [0.5, 0.6) is 0 Å². The molecule has 0 aliphatic heterocycles. The molecule has 4 aromatic carbocycles. The van der Waals surface area contributed by atoms with Crippen molar-refractivity contribution in [3.63, 3.8) is 0 Å². The van der Waals surface area contributed by atoms with Crippen LogP contribution in [0.4, 0.5) is 0 Å². The van der Waals surface area contributed by atoms with Gasteiger partial charge in [0, 0.05) is 0 Å². The van der Waals surface area contributed by atoms with Crippen LogP contribution in [0.1, 0.15) is 0 Å². The molecule has 0 amide bonds. The number of fused-ring (bicyclic) bond motifs is 2. The van der Waals surface area contributed by atoms with Crippen LogP contribution in [-0.4, -0.2) is 18.3 Å². The molecule has 0 unspecified atom stereocenters. The second-order valence-corrected chi connectivity index (χ2v) is 21.8. The third-order valence-electron chi connectivity index (χ3n) is 6.66. The Kier molecular flexibility index (Phi) is 5.59. The summed E-state index contributed by atoms with van der Waals surface area (Å²) >= 11 is -0.0394. The van der Waals surface area contributed by atoms with E-state index in [0.717, 1.165) is 5.69 Å². The van der Waals surface area contributed by atoms with Crippen molar-refractivity contribution in [1.29, 1.82) is 0 Å². The zero-order valence-electron chi connectivity index (χ0n) is 20.2. The van der Waals surface area contributed by atoms with Crippen molar-refractivity contribution < 1.29 is 0 Å². The Morgan fingerprint density at radius 3 is 2.06 bits per heavy atom. The molecule has 0 aliphatic rings. The first-order chi connectivity index (χ1) is 17.0. The summed E-state index contributed by atoms with van der Waals surface area (Å²) in [6.07, 6.45) is 1.96. The summed E-state index contributed by atoms with van der Waals surface area (Å²) in [6.45, 7) is 0. The summed E-state index contributed by atoms with van der Waals surface area (Å²) < 4.78 is 2.85. The third-order valence-corrected chi connectivity index (χ3v) is 12.2. The SMILES string of the molecule is [CH3][Ge]([CH3])([CH3])[c]1ccc2c(-c3cc(-c4ccccc4)c4sc(-c5ccccc5)cc4c3)nccc2c1. The van der Waals surface area contributed by atoms with Crippen LogP contribution in [0.3, 0.4) is 0 Å². The van der Waals surface area contributed by atoms with E-state index >= 15 is 0 Å². The van der Waals surface area contributed by atoms with Gasteiger partial charge in [-0.3, -0.25) is 0 Å². The van der Waals surface area contributed by atoms with Gasteiger partial charge in [-0.05, 0) is 0 Å². The molecule has 2 aromatic heterocycles. The minimum atomic E-state index is -1.91. The molecule has 170 valence electrons. The van der Waals surface area contributed by atoms with Gasteiger partial charge in [-0.25, -0.2) is 0 Å². The van der Waals surface area contributed by atoms with Crippen molar-refractivity contribution in [2.75, 3.05) is 0 Å². The van der Waals surface area contributed by atoms with Gasteiger partial charge in [-0.15, -0.1) is 0 Å². The molecule has 0 fully saturated rings. The van der Waals surface area contributed by atoms with Crippen LogP contribution in [0.15, 0.2) is 109 Å². The van der Waals surface area contributed by atoms with Gasteiger partial charge >= 0.3 is 196 Å². The Labute approximate surface area is 213 Å². The number of hydrogen-bond donors (Lipinski definition) is 0. The van der Waals surface area contributed by atoms with E-state index in [9.17, 15) is 0 Å². The van der Waals surface area contributed by atoms with Gasteiger partial charge in [0.05, 0.1) is 0 Å². The summed E-state index contributed by atoms with van der Waals surface area (Å²) in [5.74, 6) is 7.35. The second-order valence-electron chi connectivity index (χ2n) is 10.1. The average molecular weight is 530 g/mol. The van der Waals surface area contributed by atoms with Crippen LogP contribution in [-0.2, 0) is 0 Å². The van der Waals surface area contributed by atoms with Crippen molar-refractivity contribution >= 4 is 49.9 Å². The molecule has 0 atom stereocenters. The van der Waals surface area contributed by atoms with E-state index < -0.39 is 13.3 Å². The number of nitrogens with zero attached hydrogens (tertiary/aromatic N) is 1. The topological polar surface area (TPSA) is 12.9 Å². The maximum absolute atomic E-state index is 4.89. The maximum atomic E-state index is 4.89. The van der Waals surface area contributed by atoms with Crippen molar-refractivity contribution in [2.24, 2.45) is 0 Å². The Balaban J connectivity index is 1.60. The van der Waals surface area contributed by atoms with Crippen molar-refractivity contribution in [3.8, 4) is 32.8 Å². The van der Waals surface area contributed by atoms with Crippen LogP contribution in [0, 0.1) is 0 Å². The van der Waals surface area contributed by atoms with Gasteiger partial charge in [0.1, 0.15) is 0 Å². The number of hydrogen-bond acceptors (Lipinski definition) is 2. The summed E-state index contributed by atoms with van der Waals surface area (Å²) in [7, 11) is 0. The van der Waals surface area contributed by atoms with Gasteiger partial charge < -0.3 is 0 Å². The predicted molar refractivity (Wildman–Crippen MR) is 156 cm³/mol. The molecule has 0 bridgehead atoms. The molecule has 0 N–H and O–H groups in total. The zero-order chi connectivity index (χ0) is 24.0. The third kappa shape index (κ3) is 4.22. The van der Waals surface area contributed by atoms with Gasteiger partial charge in [0.2, 0.25) is 0 Å². The number of benzene rings is 4. The standard InChI is InChI=1S/C32H27GeNS/c1-33(2,3)27-14-15-28-24(19-27)16-17-34-31(28)25-18-26-21-30(23-12-8-5-9-13-23)35-32(26)29(20-25)22-10-6-4-7-11-22/h4-21H,1-3H3. The van der Waals surface area contributed by atoms with E-state index in [2.05, 4.69) is 120 Å². The quantitative estimate of drug-likeness (QED) is 0.207. The van der Waals surface area contributed by atoms with E-state index in [1.54, 1.807) is 0 Å². The van der Waals surface area contributed by atoms with E-state index in [0.29, 0.717) is 0 Å². The van der Waals surface area contributed by atoms with Crippen molar-refractivity contribution in [1.82, 2.24) is 4.98 Å². The second kappa shape index (κ2) is 8.78. The van der Waals surface area contributed by atoms with Gasteiger partial charge in [-0.2, -0.15) is 0 Å². The summed E-state index contributed by atoms with van der Waals surface area (Å²) in [5.41, 5.74) is 6.00. The molecule has 0 saturated heterocycles. The summed E-state index contributed by atoms with van der Waals surface area (Å²) in [5, 5.41) is 3.77. The number of thiophene rings is 1. The Bertz CT molecular complexity index is 1660. The fourth-order valence-corrected chi connectivity index (χ4v) is 8.38. The average Bonchev–Trinajstić information content (AvgIpc) is 3.32. The number of pyridine rings is 1. The fourth-order valence-electron chi connectivity index (χ4n) is 4.74. The van der Waals surface area contributed by atoms with Gasteiger partial charge in [0.25, 0.3) is 0 Å². The first kappa shape index (κ1) is 22.3. The Morgan fingerprint density at radius 2 is 1.34 bits per heavy atom. The van der Waals surface area contributed by atoms with Crippen molar-refractivity contribution in [2.45, 2.75) is 17.3 Å². The molecule has 6 rings (SSSR count). The zero-order valence-corrected chi connectivity index (χ0v) is 23.2. The summed E-state index contributed by atoms with van der Waals surface area (Å²) in [6, 6.07) is 37.6. The van der Waals surface area contributed by atoms with E-state index in [-0.39, 0.29) is 0 Å². The van der Waals surface area contributed by atoms with E-state index in [4.69, 9.17) is 4.98 Å². The number of rotatable bonds is 4. The molecule has 6 aromatic rings. The molecule has 0 saturated carbocycles. The van der Waals surface area contributed by atoms with Crippen LogP contribution in [0.2, 0.25) is 17.3 Å². The van der Waals surface area contributed by atoms with Gasteiger partial charge in [0.15, 0.2) is 0 Å². The number of aromatic nitrogens is 1. The molecule has 0 radical (unpaired) electrons. The molecule has 2 heterocycles. The van der Waals surface area contributed by atoms with Gasteiger partial charge in [-0.1, -0.05) is 18.2 Å². The fraction of sp³-hybridized carbons (Fsp3) is 0.0938. The monoisotopic (exact) mass is 531 g/mol. The van der Waals surface area contributed by atoms with Crippen LogP contribution in [0.25, 0.3) is 53.7 Å². The van der Waals surface area contributed by atoms with Crippen molar-refractivity contribution in [3.05, 3.63) is 109 Å². The minimum absolute atomic E-state index is 1.06. The summed E-state index contributed by atoms with van der Waals surface area (Å²) in [4.78, 5) is 6.19. The molecule has 35 heavy (non-hydrogen) atoms. The molecular weight excluding hydrogens is 503 g/mol. The Hall–Kier alpha value is -3.21. The normalized spacial score (nSPS) is 11.9. The van der Waals surface area contributed by atoms with E-state index in [1.165, 1.54) is 52.4 Å². The van der Waals surface area contributed by atoms with Crippen LogP contribution >= 0.6 is 11.3 Å².